The fourth-order valence-electron chi connectivity index (χ4n) is 8.67. The third-order valence-corrected chi connectivity index (χ3v) is 15.1. The maximum absolute atomic E-state index is 13.1. The fourth-order valence-corrected chi connectivity index (χ4v) is 11.0. The minimum atomic E-state index is -3.56. The monoisotopic (exact) mass is 1050 g/mol. The number of halogens is 1. The van der Waals surface area contributed by atoms with Crippen LogP contribution in [0.4, 0.5) is 39.8 Å². The number of hydrogen-bond acceptors (Lipinski definition) is 15. The van der Waals surface area contributed by atoms with Crippen molar-refractivity contribution in [2.75, 3.05) is 112 Å². The molecule has 67 heavy (non-hydrogen) atoms. The number of nitrogens with zero attached hydrogens (tertiary/aromatic N) is 9. The topological polar surface area (TPSA) is 217 Å². The lowest BCUT2D eigenvalue weighted by Gasteiger charge is -2.25. The fraction of sp³-hybridized carbons (Fsp3) is 0.457. The lowest BCUT2D eigenvalue weighted by atomic mass is 10.2. The SMILES string of the molecule is CO[C@@H]1CCN(c2cccc(N)c2)C1.CO[C@@H]1CCN(c2cccc(N3CCN([C@@H]4CCN(C#N)C4)S3(=O)=O)c2)C1.CO[C@@H]1CCN(c2cccc([N+](=O)[O-])c2)C1.O=[N+]([O-])c1cccc(I)c1. The van der Waals surface area contributed by atoms with Crippen molar-refractivity contribution in [1.82, 2.24) is 9.21 Å². The standard InChI is InChI=1S/C18H25N5O3S.C11H14N2O3.C11H16N2O.C6H4INO2/c1-26-18-6-8-21(13-18)15-3-2-4-16(11-15)22-9-10-23(27(22,24)25)17-5-7-20(12-17)14-19;1-16-11-5-6-12(8-11)9-3-2-4-10(7-9)13(14)15;1-14-11-5-6-13(8-11)10-4-2-3-9(12)7-10;7-5-2-1-3-6(4-5)8(9)10/h2-4,11,17-18H,5-10,12-13H2,1H3;2-4,7,11H,5-6,8H2,1H3;2-4,7,11H,5-6,8,12H2,1H3;1-4H/t17-,18-;2*11-;/m111./s1. The minimum Gasteiger partial charge on any atom is -0.399 e. The van der Waals surface area contributed by atoms with Crippen LogP contribution in [0.3, 0.4) is 0 Å². The van der Waals surface area contributed by atoms with E-state index in [1.54, 1.807) is 48.7 Å². The molecule has 2 N–H and O–H groups in total. The second-order valence-corrected chi connectivity index (χ2v) is 19.6. The maximum atomic E-state index is 13.1. The molecule has 4 aromatic carbocycles. The van der Waals surface area contributed by atoms with E-state index >= 15 is 0 Å². The van der Waals surface area contributed by atoms with E-state index in [4.69, 9.17) is 25.2 Å². The number of ether oxygens (including phenoxy) is 3. The molecule has 21 heteroatoms. The first-order valence-corrected chi connectivity index (χ1v) is 24.6. The molecule has 0 spiro atoms. The molecule has 0 aliphatic carbocycles. The van der Waals surface area contributed by atoms with E-state index < -0.39 is 15.1 Å². The number of nitro groups is 2. The van der Waals surface area contributed by atoms with Gasteiger partial charge in [0.2, 0.25) is 0 Å². The number of nitriles is 1. The Balaban J connectivity index is 0.000000159. The Kier molecular flexibility index (Phi) is 18.2. The molecule has 0 radical (unpaired) electrons. The van der Waals surface area contributed by atoms with Crippen LogP contribution in [-0.2, 0) is 24.4 Å². The first-order valence-electron chi connectivity index (χ1n) is 22.1. The highest BCUT2D eigenvalue weighted by molar-refractivity contribution is 14.1. The number of anilines is 5. The molecule has 0 amide bonds. The van der Waals surface area contributed by atoms with Gasteiger partial charge in [-0.2, -0.15) is 18.0 Å². The van der Waals surface area contributed by atoms with Crippen LogP contribution in [0.5, 0.6) is 0 Å². The molecule has 0 aromatic heterocycles. The molecule has 0 unspecified atom stereocenters. The highest BCUT2D eigenvalue weighted by Gasteiger charge is 2.43. The van der Waals surface area contributed by atoms with Crippen molar-refractivity contribution < 1.29 is 32.5 Å². The van der Waals surface area contributed by atoms with E-state index in [9.17, 15) is 28.6 Å². The van der Waals surface area contributed by atoms with Crippen LogP contribution >= 0.6 is 22.6 Å². The highest BCUT2D eigenvalue weighted by Crippen LogP contribution is 2.33. The van der Waals surface area contributed by atoms with E-state index in [1.165, 1.54) is 28.2 Å². The molecule has 9 rings (SSSR count). The Morgan fingerprint density at radius 1 is 0.627 bits per heavy atom. The number of non-ortho nitro benzene ring substituents is 2. The zero-order valence-corrected chi connectivity index (χ0v) is 41.0. The largest absolute Gasteiger partial charge is 0.399 e. The molecule has 360 valence electrons. The van der Waals surface area contributed by atoms with Crippen molar-refractivity contribution in [1.29, 1.82) is 5.26 Å². The molecule has 5 aliphatic heterocycles. The summed E-state index contributed by atoms with van der Waals surface area (Å²) in [4.78, 5) is 28.3. The van der Waals surface area contributed by atoms with Crippen molar-refractivity contribution in [3.63, 3.8) is 0 Å². The zero-order valence-electron chi connectivity index (χ0n) is 38.0. The van der Waals surface area contributed by atoms with Crippen molar-refractivity contribution in [2.24, 2.45) is 0 Å². The smallest absolute Gasteiger partial charge is 0.304 e. The van der Waals surface area contributed by atoms with Crippen LogP contribution in [-0.4, -0.2) is 139 Å². The molecule has 5 aliphatic rings. The Labute approximate surface area is 406 Å². The number of hydrogen-bond donors (Lipinski definition) is 1. The quantitative estimate of drug-likeness (QED) is 0.0602. The van der Waals surface area contributed by atoms with Gasteiger partial charge < -0.3 is 39.5 Å². The average molecular weight is 1060 g/mol. The van der Waals surface area contributed by atoms with Gasteiger partial charge in [-0.15, -0.1) is 0 Å². The van der Waals surface area contributed by atoms with E-state index in [1.807, 2.05) is 77.2 Å². The molecular weight excluding hydrogens is 996 g/mol. The van der Waals surface area contributed by atoms with Gasteiger partial charge in [0.25, 0.3) is 11.4 Å². The van der Waals surface area contributed by atoms with Gasteiger partial charge in [-0.1, -0.05) is 24.3 Å². The summed E-state index contributed by atoms with van der Waals surface area (Å²) in [6.45, 7) is 7.46. The summed E-state index contributed by atoms with van der Waals surface area (Å²) in [6, 6.07) is 28.8. The van der Waals surface area contributed by atoms with Crippen LogP contribution in [0.15, 0.2) is 97.1 Å². The van der Waals surface area contributed by atoms with Gasteiger partial charge in [-0.25, -0.2) is 0 Å². The second kappa shape index (κ2) is 24.0. The van der Waals surface area contributed by atoms with Gasteiger partial charge in [-0.05, 0) is 96.8 Å². The van der Waals surface area contributed by atoms with E-state index in [-0.39, 0.29) is 34.5 Å². The Morgan fingerprint density at radius 2 is 1.10 bits per heavy atom. The predicted molar refractivity (Wildman–Crippen MR) is 268 cm³/mol. The zero-order chi connectivity index (χ0) is 48.1. The van der Waals surface area contributed by atoms with Gasteiger partial charge in [0.1, 0.15) is 0 Å². The number of likely N-dealkylation sites (tertiary alicyclic amines) is 1. The minimum absolute atomic E-state index is 0.121. The van der Waals surface area contributed by atoms with Crippen molar-refractivity contribution in [3.8, 4) is 6.19 Å². The second-order valence-electron chi connectivity index (χ2n) is 16.6. The number of nitro benzene ring substituents is 2. The summed E-state index contributed by atoms with van der Waals surface area (Å²) in [7, 11) is 1.63. The third kappa shape index (κ3) is 13.6. The summed E-state index contributed by atoms with van der Waals surface area (Å²) < 4.78 is 46.2. The molecule has 4 atom stereocenters. The van der Waals surface area contributed by atoms with E-state index in [0.29, 0.717) is 44.4 Å². The molecule has 19 nitrogen and oxygen atoms in total. The van der Waals surface area contributed by atoms with Crippen LogP contribution in [0.25, 0.3) is 0 Å². The molecule has 5 fully saturated rings. The predicted octanol–water partition coefficient (Wildman–Crippen LogP) is 6.35. The average Bonchev–Trinajstić information content (AvgIpc) is 4.20. The van der Waals surface area contributed by atoms with Crippen LogP contribution in [0.1, 0.15) is 25.7 Å². The number of nitrogens with two attached hydrogens (primary N) is 1. The molecule has 0 saturated carbocycles. The van der Waals surface area contributed by atoms with Crippen molar-refractivity contribution >= 4 is 72.6 Å². The van der Waals surface area contributed by atoms with Crippen LogP contribution in [0.2, 0.25) is 0 Å². The molecular formula is C46H59IN10O9S. The Bertz CT molecular complexity index is 2450. The normalized spacial score (nSPS) is 22.0. The van der Waals surface area contributed by atoms with E-state index in [0.717, 1.165) is 79.2 Å². The number of benzene rings is 4. The number of nitrogen functional groups attached to an aromatic ring is 1. The van der Waals surface area contributed by atoms with Gasteiger partial charge in [0, 0.05) is 143 Å². The number of methoxy groups -OCH3 is 3. The molecule has 5 saturated heterocycles. The number of rotatable bonds is 10. The first-order chi connectivity index (χ1) is 32.2. The van der Waals surface area contributed by atoms with Gasteiger partial charge in [0.05, 0.1) is 33.8 Å². The molecule has 4 aromatic rings. The highest BCUT2D eigenvalue weighted by atomic mass is 127. The van der Waals surface area contributed by atoms with Crippen LogP contribution in [0, 0.1) is 35.3 Å². The Morgan fingerprint density at radius 3 is 1.57 bits per heavy atom. The lowest BCUT2D eigenvalue weighted by molar-refractivity contribution is -0.385. The van der Waals surface area contributed by atoms with Gasteiger partial charge >= 0.3 is 10.2 Å². The lowest BCUT2D eigenvalue weighted by Crippen LogP contribution is -2.41. The summed E-state index contributed by atoms with van der Waals surface area (Å²) >= 11 is 2.03. The first kappa shape index (κ1) is 50.9. The van der Waals surface area contributed by atoms with Crippen LogP contribution < -0.4 is 24.7 Å². The summed E-state index contributed by atoms with van der Waals surface area (Å²) in [5.41, 5.74) is 10.7. The third-order valence-electron chi connectivity index (χ3n) is 12.4. The van der Waals surface area contributed by atoms with Crippen molar-refractivity contribution in [3.05, 3.63) is 121 Å². The summed E-state index contributed by atoms with van der Waals surface area (Å²) in [5.74, 6) is 0. The van der Waals surface area contributed by atoms with Gasteiger partial charge in [0.15, 0.2) is 6.19 Å². The maximum Gasteiger partial charge on any atom is 0.304 e. The van der Waals surface area contributed by atoms with Crippen molar-refractivity contribution in [2.45, 2.75) is 50.0 Å². The summed E-state index contributed by atoms with van der Waals surface area (Å²) in [6.07, 6.45) is 6.71. The Hall–Kier alpha value is -5.51. The molecule has 5 heterocycles. The van der Waals surface area contributed by atoms with Gasteiger partial charge in [-0.3, -0.25) is 24.5 Å². The van der Waals surface area contributed by atoms with E-state index in [2.05, 4.69) is 27.0 Å². The molecule has 0 bridgehead atoms. The summed E-state index contributed by atoms with van der Waals surface area (Å²) in [5, 5.41) is 29.8.